The average molecular weight is 310 g/mol. The second kappa shape index (κ2) is 6.83. The van der Waals surface area contributed by atoms with E-state index in [1.54, 1.807) is 7.05 Å². The molecule has 2 aromatic rings. The predicted octanol–water partition coefficient (Wildman–Crippen LogP) is 2.85. The molecule has 6 heteroatoms. The molecule has 0 aliphatic rings. The topological polar surface area (TPSA) is 54.0 Å². The van der Waals surface area contributed by atoms with E-state index in [9.17, 15) is 4.79 Å². The summed E-state index contributed by atoms with van der Waals surface area (Å²) in [6, 6.07) is 7.77. The van der Waals surface area contributed by atoms with Crippen molar-refractivity contribution in [3.05, 3.63) is 45.4 Å². The summed E-state index contributed by atoms with van der Waals surface area (Å²) in [5.74, 6) is -0.0874. The van der Waals surface area contributed by atoms with Crippen LogP contribution in [0, 0.1) is 6.92 Å². The molecule has 0 aliphatic carbocycles. The number of nitrogens with zero attached hydrogens (tertiary/aromatic N) is 1. The molecule has 1 aromatic heterocycles. The highest BCUT2D eigenvalue weighted by Gasteiger charge is 2.10. The molecule has 0 saturated heterocycles. The molecule has 0 unspecified atom stereocenters. The van der Waals surface area contributed by atoms with E-state index in [1.165, 1.54) is 11.3 Å². The van der Waals surface area contributed by atoms with Gasteiger partial charge in [0.25, 0.3) is 0 Å². The van der Waals surface area contributed by atoms with Gasteiger partial charge in [-0.15, -0.1) is 11.3 Å². The largest absolute Gasteiger partial charge is 0.311 e. The van der Waals surface area contributed by atoms with Crippen LogP contribution in [0.1, 0.15) is 16.1 Å². The van der Waals surface area contributed by atoms with Crippen molar-refractivity contribution in [2.24, 2.45) is 0 Å². The number of anilines is 1. The number of aryl methyl sites for hydroxylation is 1. The average Bonchev–Trinajstić information content (AvgIpc) is 2.69. The third-order valence-corrected chi connectivity index (χ3v) is 4.04. The number of aromatic nitrogens is 1. The van der Waals surface area contributed by atoms with Gasteiger partial charge in [0.1, 0.15) is 0 Å². The molecule has 0 radical (unpaired) electrons. The SMILES string of the molecule is CNCC(=O)Nc1nc(C)c(Cc2cccc(Cl)c2)s1. The molecule has 0 bridgehead atoms. The maximum atomic E-state index is 11.5. The second-order valence-electron chi connectivity index (χ2n) is 4.41. The van der Waals surface area contributed by atoms with Gasteiger partial charge in [0.15, 0.2) is 5.13 Å². The molecule has 2 rings (SSSR count). The summed E-state index contributed by atoms with van der Waals surface area (Å²) in [7, 11) is 1.73. The molecule has 0 spiro atoms. The van der Waals surface area contributed by atoms with Crippen LogP contribution < -0.4 is 10.6 Å². The van der Waals surface area contributed by atoms with Crippen molar-refractivity contribution in [3.8, 4) is 0 Å². The van der Waals surface area contributed by atoms with E-state index in [-0.39, 0.29) is 12.5 Å². The van der Waals surface area contributed by atoms with E-state index < -0.39 is 0 Å². The zero-order chi connectivity index (χ0) is 14.5. The summed E-state index contributed by atoms with van der Waals surface area (Å²) in [4.78, 5) is 17.0. The Morgan fingerprint density at radius 3 is 2.95 bits per heavy atom. The summed E-state index contributed by atoms with van der Waals surface area (Å²) in [5, 5.41) is 6.95. The van der Waals surface area contributed by atoms with E-state index in [2.05, 4.69) is 15.6 Å². The maximum absolute atomic E-state index is 11.5. The van der Waals surface area contributed by atoms with Crippen molar-refractivity contribution in [1.29, 1.82) is 0 Å². The van der Waals surface area contributed by atoms with Gasteiger partial charge in [0.2, 0.25) is 5.91 Å². The lowest BCUT2D eigenvalue weighted by atomic mass is 10.1. The number of thiazole rings is 1. The Morgan fingerprint density at radius 1 is 1.45 bits per heavy atom. The zero-order valence-corrected chi connectivity index (χ0v) is 12.9. The third-order valence-electron chi connectivity index (χ3n) is 2.73. The normalized spacial score (nSPS) is 10.6. The smallest absolute Gasteiger partial charge is 0.240 e. The zero-order valence-electron chi connectivity index (χ0n) is 11.4. The Bertz CT molecular complexity index is 612. The number of nitrogens with one attached hydrogen (secondary N) is 2. The highest BCUT2D eigenvalue weighted by molar-refractivity contribution is 7.15. The Labute approximate surface area is 127 Å². The number of likely N-dealkylation sites (N-methyl/N-ethyl adjacent to an activating group) is 1. The third kappa shape index (κ3) is 4.03. The number of carbonyl (C=O) groups excluding carboxylic acids is 1. The Morgan fingerprint density at radius 2 is 2.25 bits per heavy atom. The van der Waals surface area contributed by atoms with Crippen LogP contribution >= 0.6 is 22.9 Å². The van der Waals surface area contributed by atoms with Gasteiger partial charge in [-0.1, -0.05) is 23.7 Å². The van der Waals surface area contributed by atoms with E-state index >= 15 is 0 Å². The van der Waals surface area contributed by atoms with Crippen LogP contribution in [0.2, 0.25) is 5.02 Å². The summed E-state index contributed by atoms with van der Waals surface area (Å²) in [5.41, 5.74) is 2.08. The molecule has 1 heterocycles. The van der Waals surface area contributed by atoms with Crippen LogP contribution in [0.4, 0.5) is 5.13 Å². The van der Waals surface area contributed by atoms with Crippen LogP contribution in [0.5, 0.6) is 0 Å². The van der Waals surface area contributed by atoms with Crippen molar-refractivity contribution in [2.75, 3.05) is 18.9 Å². The minimum absolute atomic E-state index is 0.0874. The van der Waals surface area contributed by atoms with Gasteiger partial charge < -0.3 is 10.6 Å². The van der Waals surface area contributed by atoms with Crippen molar-refractivity contribution < 1.29 is 4.79 Å². The molecular formula is C14H16ClN3OS. The maximum Gasteiger partial charge on any atom is 0.240 e. The first-order valence-corrected chi connectivity index (χ1v) is 7.43. The first-order valence-electron chi connectivity index (χ1n) is 6.23. The number of benzene rings is 1. The Hall–Kier alpha value is -1.43. The fourth-order valence-electron chi connectivity index (χ4n) is 1.80. The van der Waals surface area contributed by atoms with Crippen LogP contribution in [0.25, 0.3) is 0 Å². The van der Waals surface area contributed by atoms with Gasteiger partial charge >= 0.3 is 0 Å². The summed E-state index contributed by atoms with van der Waals surface area (Å²) in [6.45, 7) is 2.23. The Balaban J connectivity index is 2.09. The molecule has 0 fully saturated rings. The summed E-state index contributed by atoms with van der Waals surface area (Å²) >= 11 is 7.48. The van der Waals surface area contributed by atoms with E-state index in [0.29, 0.717) is 5.13 Å². The molecule has 1 aromatic carbocycles. The molecule has 0 saturated carbocycles. The number of rotatable bonds is 5. The summed E-state index contributed by atoms with van der Waals surface area (Å²) < 4.78 is 0. The second-order valence-corrected chi connectivity index (χ2v) is 5.93. The molecule has 106 valence electrons. The lowest BCUT2D eigenvalue weighted by Gasteiger charge is -2.00. The number of hydrogen-bond donors (Lipinski definition) is 2. The van der Waals surface area contributed by atoms with Crippen LogP contribution in [0.3, 0.4) is 0 Å². The number of hydrogen-bond acceptors (Lipinski definition) is 4. The molecule has 0 atom stereocenters. The molecule has 1 amide bonds. The first-order chi connectivity index (χ1) is 9.58. The Kier molecular flexibility index (Phi) is 5.11. The molecule has 2 N–H and O–H groups in total. The molecule has 20 heavy (non-hydrogen) atoms. The van der Waals surface area contributed by atoms with Crippen molar-refractivity contribution in [1.82, 2.24) is 10.3 Å². The summed E-state index contributed by atoms with van der Waals surface area (Å²) in [6.07, 6.45) is 0.770. The monoisotopic (exact) mass is 309 g/mol. The van der Waals surface area contributed by atoms with Crippen LogP contribution in [-0.4, -0.2) is 24.5 Å². The minimum atomic E-state index is -0.0874. The van der Waals surface area contributed by atoms with E-state index in [0.717, 1.165) is 27.6 Å². The fraction of sp³-hybridized carbons (Fsp3) is 0.286. The van der Waals surface area contributed by atoms with Gasteiger partial charge in [-0.2, -0.15) is 0 Å². The quantitative estimate of drug-likeness (QED) is 0.893. The lowest BCUT2D eigenvalue weighted by molar-refractivity contribution is -0.115. The van der Waals surface area contributed by atoms with Crippen LogP contribution in [0.15, 0.2) is 24.3 Å². The minimum Gasteiger partial charge on any atom is -0.311 e. The van der Waals surface area contributed by atoms with Crippen molar-refractivity contribution >= 4 is 34.0 Å². The number of amides is 1. The molecular weight excluding hydrogens is 294 g/mol. The van der Waals surface area contributed by atoms with Gasteiger partial charge in [-0.25, -0.2) is 4.98 Å². The first kappa shape index (κ1) is 15.0. The van der Waals surface area contributed by atoms with Gasteiger partial charge in [0.05, 0.1) is 12.2 Å². The highest BCUT2D eigenvalue weighted by Crippen LogP contribution is 2.25. The molecule has 4 nitrogen and oxygen atoms in total. The van der Waals surface area contributed by atoms with Crippen LogP contribution in [-0.2, 0) is 11.2 Å². The number of halogens is 1. The van der Waals surface area contributed by atoms with Gasteiger partial charge in [-0.05, 0) is 31.7 Å². The predicted molar refractivity (Wildman–Crippen MR) is 83.7 cm³/mol. The van der Waals surface area contributed by atoms with E-state index in [1.807, 2.05) is 31.2 Å². The lowest BCUT2D eigenvalue weighted by Crippen LogP contribution is -2.24. The van der Waals surface area contributed by atoms with Gasteiger partial charge in [0, 0.05) is 16.3 Å². The molecule has 0 aliphatic heterocycles. The van der Waals surface area contributed by atoms with Gasteiger partial charge in [-0.3, -0.25) is 4.79 Å². The van der Waals surface area contributed by atoms with E-state index in [4.69, 9.17) is 11.6 Å². The fourth-order valence-corrected chi connectivity index (χ4v) is 3.03. The standard InChI is InChI=1S/C14H16ClN3OS/c1-9-12(7-10-4-3-5-11(15)6-10)20-14(17-9)18-13(19)8-16-2/h3-6,16H,7-8H2,1-2H3,(H,17,18,19). The highest BCUT2D eigenvalue weighted by atomic mass is 35.5. The van der Waals surface area contributed by atoms with Crippen molar-refractivity contribution in [3.63, 3.8) is 0 Å². The number of carbonyl (C=O) groups is 1. The van der Waals surface area contributed by atoms with Crippen molar-refractivity contribution in [2.45, 2.75) is 13.3 Å².